The lowest BCUT2D eigenvalue weighted by atomic mass is 9.98. The van der Waals surface area contributed by atoms with E-state index >= 15 is 0 Å². The molecule has 2 rings (SSSR count). The lowest BCUT2D eigenvalue weighted by molar-refractivity contribution is -0.145. The minimum Gasteiger partial charge on any atom is -0.508 e. The SMILES string of the molecule is CC[C@H](C)[C@H](NC(=O)[C@H](CC(=O)O)NC(=O)[C@H](CC(=O)O)NC(=O)[C@H](Cc1cnc[nH]1)NC(=O)[C@H](CS)NC(=O)[C@H](CCCN=C(N)N)NC(=O)[C@@H](NC(=O)[C@@H](N)Cc1ccc(O)cc1)C(C)C)C(=O)O. The van der Waals surface area contributed by atoms with Crippen LogP contribution in [0, 0.1) is 11.8 Å². The molecule has 0 radical (unpaired) electrons. The van der Waals surface area contributed by atoms with Crippen LogP contribution in [0.25, 0.3) is 0 Å². The smallest absolute Gasteiger partial charge is 0.326 e. The van der Waals surface area contributed by atoms with Gasteiger partial charge in [0.15, 0.2) is 5.96 Å². The number of carboxylic acids is 3. The Morgan fingerprint density at radius 2 is 1.17 bits per heavy atom. The minimum atomic E-state index is -2.01. The van der Waals surface area contributed by atoms with Crippen molar-refractivity contribution < 1.29 is 68.4 Å². The maximum atomic E-state index is 13.9. The van der Waals surface area contributed by atoms with Crippen molar-refractivity contribution in [2.24, 2.45) is 34.0 Å². The number of nitrogens with one attached hydrogen (secondary N) is 8. The number of aromatic hydroxyl groups is 1. The number of imidazole rings is 1. The lowest BCUT2D eigenvalue weighted by Crippen LogP contribution is -2.61. The van der Waals surface area contributed by atoms with Gasteiger partial charge in [-0.3, -0.25) is 48.1 Å². The van der Waals surface area contributed by atoms with Crippen molar-refractivity contribution in [3.8, 4) is 5.75 Å². The molecule has 0 aliphatic carbocycles. The summed E-state index contributed by atoms with van der Waals surface area (Å²) in [6.07, 6.45) is 0.370. The van der Waals surface area contributed by atoms with Crippen LogP contribution in [0.5, 0.6) is 5.75 Å². The van der Waals surface area contributed by atoms with E-state index in [1.807, 2.05) is 0 Å². The first-order chi connectivity index (χ1) is 33.4. The normalized spacial score (nSPS) is 14.8. The molecule has 1 heterocycles. The number of hydrogen-bond donors (Lipinski definition) is 16. The predicted molar refractivity (Wildman–Crippen MR) is 256 cm³/mol. The molecular weight excluding hydrogens is 955 g/mol. The van der Waals surface area contributed by atoms with Crippen LogP contribution in [-0.2, 0) is 60.8 Å². The number of nitrogens with zero attached hydrogens (tertiary/aromatic N) is 2. The first kappa shape index (κ1) is 59.6. The number of hydrogen-bond acceptors (Lipinski definition) is 15. The highest BCUT2D eigenvalue weighted by atomic mass is 32.1. The Balaban J connectivity index is 2.36. The number of benzene rings is 1. The van der Waals surface area contributed by atoms with Crippen LogP contribution in [0.2, 0.25) is 0 Å². The summed E-state index contributed by atoms with van der Waals surface area (Å²) in [4.78, 5) is 141. The van der Waals surface area contributed by atoms with Gasteiger partial charge in [0.1, 0.15) is 48.0 Å². The fourth-order valence-electron chi connectivity index (χ4n) is 6.62. The molecule has 0 fully saturated rings. The number of carbonyl (C=O) groups is 10. The first-order valence-electron chi connectivity index (χ1n) is 22.3. The van der Waals surface area contributed by atoms with E-state index in [1.165, 1.54) is 31.6 Å². The zero-order valence-electron chi connectivity index (χ0n) is 39.5. The minimum absolute atomic E-state index is 0.0147. The summed E-state index contributed by atoms with van der Waals surface area (Å²) in [6, 6.07) is -6.29. The number of amides is 7. The van der Waals surface area contributed by atoms with Crippen LogP contribution in [0.15, 0.2) is 41.8 Å². The van der Waals surface area contributed by atoms with E-state index in [9.17, 15) is 68.4 Å². The van der Waals surface area contributed by atoms with E-state index in [0.29, 0.717) is 12.0 Å². The Morgan fingerprint density at radius 3 is 1.66 bits per heavy atom. The molecule has 0 aliphatic heterocycles. The van der Waals surface area contributed by atoms with Crippen LogP contribution in [-0.4, -0.2) is 156 Å². The highest BCUT2D eigenvalue weighted by Gasteiger charge is 2.36. The predicted octanol–water partition coefficient (Wildman–Crippen LogP) is -3.66. The number of carboxylic acid groups (broad SMARTS) is 3. The number of phenols is 1. The molecule has 392 valence electrons. The van der Waals surface area contributed by atoms with Crippen molar-refractivity contribution in [1.82, 2.24) is 47.2 Å². The van der Waals surface area contributed by atoms with Gasteiger partial charge in [0.2, 0.25) is 41.4 Å². The molecule has 71 heavy (non-hydrogen) atoms. The fraction of sp³-hybridized carbons (Fsp3) is 0.535. The molecule has 0 saturated carbocycles. The maximum Gasteiger partial charge on any atom is 0.326 e. The first-order valence-corrected chi connectivity index (χ1v) is 23.0. The van der Waals surface area contributed by atoms with Crippen molar-refractivity contribution in [3.05, 3.63) is 48.0 Å². The summed E-state index contributed by atoms with van der Waals surface area (Å²) >= 11 is 4.21. The molecule has 0 bridgehead atoms. The average Bonchev–Trinajstić information content (AvgIpc) is 3.82. The lowest BCUT2D eigenvalue weighted by Gasteiger charge is -2.28. The van der Waals surface area contributed by atoms with Crippen molar-refractivity contribution in [3.63, 3.8) is 0 Å². The third-order valence-electron chi connectivity index (χ3n) is 10.8. The number of carbonyl (C=O) groups excluding carboxylic acids is 7. The number of H-pyrrole nitrogens is 1. The van der Waals surface area contributed by atoms with Gasteiger partial charge in [-0.1, -0.05) is 46.2 Å². The monoisotopic (exact) mass is 1020 g/mol. The second-order valence-corrected chi connectivity index (χ2v) is 17.2. The van der Waals surface area contributed by atoms with E-state index in [0.717, 1.165) is 0 Å². The van der Waals surface area contributed by atoms with E-state index < -0.39 is 138 Å². The fourth-order valence-corrected chi connectivity index (χ4v) is 6.88. The number of aromatic amines is 1. The summed E-state index contributed by atoms with van der Waals surface area (Å²) in [7, 11) is 0. The Morgan fingerprint density at radius 1 is 0.676 bits per heavy atom. The number of nitrogens with two attached hydrogens (primary N) is 3. The Labute approximate surface area is 413 Å². The van der Waals surface area contributed by atoms with Crippen molar-refractivity contribution in [2.45, 2.75) is 121 Å². The highest BCUT2D eigenvalue weighted by molar-refractivity contribution is 7.80. The van der Waals surface area contributed by atoms with Crippen LogP contribution in [0.3, 0.4) is 0 Å². The summed E-state index contributed by atoms with van der Waals surface area (Å²) in [6.45, 7) is 6.46. The molecule has 1 aromatic carbocycles. The number of rotatable bonds is 31. The van der Waals surface area contributed by atoms with Gasteiger partial charge in [0.25, 0.3) is 0 Å². The number of aliphatic imine (C=N–C) groups is 1. The Hall–Kier alpha value is -7.49. The zero-order chi connectivity index (χ0) is 53.5. The van der Waals surface area contributed by atoms with Gasteiger partial charge >= 0.3 is 17.9 Å². The Kier molecular flexibility index (Phi) is 24.8. The highest BCUT2D eigenvalue weighted by Crippen LogP contribution is 2.13. The molecular formula is C43H65N13O14S. The topological polar surface area (TPSA) is 455 Å². The van der Waals surface area contributed by atoms with E-state index in [1.54, 1.807) is 32.9 Å². The van der Waals surface area contributed by atoms with E-state index in [4.69, 9.17) is 17.2 Å². The van der Waals surface area contributed by atoms with Gasteiger partial charge in [0.05, 0.1) is 25.2 Å². The van der Waals surface area contributed by atoms with Crippen LogP contribution < -0.4 is 54.4 Å². The number of thiol groups is 1. The number of guanidine groups is 1. The average molecular weight is 1020 g/mol. The molecule has 18 N–H and O–H groups in total. The van der Waals surface area contributed by atoms with Crippen molar-refractivity contribution in [2.75, 3.05) is 12.3 Å². The summed E-state index contributed by atoms with van der Waals surface area (Å²) in [5.41, 5.74) is 17.9. The van der Waals surface area contributed by atoms with Gasteiger partial charge in [-0.25, -0.2) is 9.78 Å². The van der Waals surface area contributed by atoms with Crippen LogP contribution in [0.4, 0.5) is 0 Å². The zero-order valence-corrected chi connectivity index (χ0v) is 40.4. The molecule has 0 saturated heterocycles. The molecule has 0 unspecified atom stereocenters. The molecule has 2 aromatic rings. The molecule has 1 aromatic heterocycles. The van der Waals surface area contributed by atoms with Gasteiger partial charge in [-0.05, 0) is 48.8 Å². The maximum absolute atomic E-state index is 13.9. The number of aromatic nitrogens is 2. The molecule has 9 atom stereocenters. The van der Waals surface area contributed by atoms with Gasteiger partial charge in [-0.15, -0.1) is 0 Å². The number of aliphatic carboxylic acids is 3. The molecule has 28 heteroatoms. The van der Waals surface area contributed by atoms with E-state index in [2.05, 4.69) is 64.8 Å². The molecule has 0 aliphatic rings. The van der Waals surface area contributed by atoms with Gasteiger partial charge in [0, 0.05) is 30.6 Å². The van der Waals surface area contributed by atoms with Gasteiger partial charge in [-0.2, -0.15) is 12.6 Å². The van der Waals surface area contributed by atoms with E-state index in [-0.39, 0.29) is 49.6 Å². The summed E-state index contributed by atoms with van der Waals surface area (Å²) in [5.74, 6) is -13.6. The molecule has 7 amide bonds. The summed E-state index contributed by atoms with van der Waals surface area (Å²) < 4.78 is 0. The number of phenolic OH excluding ortho intramolecular Hbond substituents is 1. The largest absolute Gasteiger partial charge is 0.508 e. The third kappa shape index (κ3) is 21.0. The molecule has 27 nitrogen and oxygen atoms in total. The second kappa shape index (κ2) is 29.5. The standard InChI is InChI=1S/C43H65N13O14S/c1-5-21(4)34(42(69)70)56-39(66)29(16-32(60)61)53-38(65)28(15-31(58)59)52-37(64)27(14-23-17-47-19-49-23)51-40(67)30(18-71)54-36(63)26(7-6-12-48-43(45)46)50-41(68)33(20(2)3)55-35(62)25(44)13-22-8-10-24(57)11-9-22/h8-11,17,19-21,25-30,33-34,57,71H,5-7,12-16,18,44H2,1-4H3,(H,47,49)(H,50,68)(H,51,67)(H,52,64)(H,53,65)(H,54,63)(H,55,62)(H,56,66)(H,58,59)(H,60,61)(H,69,70)(H4,45,46,48)/t21-,25-,26-,27-,28-,29-,30-,33-,34-/m0/s1. The quantitative estimate of drug-likeness (QED) is 0.0150. The second-order valence-electron chi connectivity index (χ2n) is 16.8. The molecule has 0 spiro atoms. The van der Waals surface area contributed by atoms with Crippen molar-refractivity contribution >= 4 is 77.8 Å². The summed E-state index contributed by atoms with van der Waals surface area (Å²) in [5, 5.41) is 55.0. The van der Waals surface area contributed by atoms with Crippen LogP contribution in [0.1, 0.15) is 71.1 Å². The Bertz CT molecular complexity index is 2190. The van der Waals surface area contributed by atoms with Crippen LogP contribution >= 0.6 is 12.6 Å². The van der Waals surface area contributed by atoms with Crippen molar-refractivity contribution in [1.29, 1.82) is 0 Å². The third-order valence-corrected chi connectivity index (χ3v) is 11.1. The van der Waals surface area contributed by atoms with Gasteiger partial charge < -0.3 is 79.8 Å².